The predicted molar refractivity (Wildman–Crippen MR) is 84.5 cm³/mol. The average molecular weight is 270 g/mol. The SMILES string of the molecule is CCCNc1ccnc(-c2ccc(C)c(C)c2OC)c1. The highest BCUT2D eigenvalue weighted by atomic mass is 16.5. The molecule has 3 nitrogen and oxygen atoms in total. The molecule has 1 N–H and O–H groups in total. The van der Waals surface area contributed by atoms with Gasteiger partial charge in [-0.15, -0.1) is 0 Å². The fraction of sp³-hybridized carbons (Fsp3) is 0.353. The highest BCUT2D eigenvalue weighted by Crippen LogP contribution is 2.34. The number of methoxy groups -OCH3 is 1. The minimum absolute atomic E-state index is 0.908. The van der Waals surface area contributed by atoms with Gasteiger partial charge in [0, 0.05) is 24.0 Å². The molecule has 0 aliphatic heterocycles. The summed E-state index contributed by atoms with van der Waals surface area (Å²) in [5, 5.41) is 3.39. The molecule has 0 spiro atoms. The molecular weight excluding hydrogens is 248 g/mol. The van der Waals surface area contributed by atoms with Crippen molar-refractivity contribution < 1.29 is 4.74 Å². The molecule has 106 valence electrons. The smallest absolute Gasteiger partial charge is 0.131 e. The van der Waals surface area contributed by atoms with Gasteiger partial charge in [0.2, 0.25) is 0 Å². The van der Waals surface area contributed by atoms with Gasteiger partial charge >= 0.3 is 0 Å². The topological polar surface area (TPSA) is 34.2 Å². The second-order valence-corrected chi connectivity index (χ2v) is 4.94. The molecule has 0 saturated heterocycles. The zero-order valence-electron chi connectivity index (χ0n) is 12.7. The van der Waals surface area contributed by atoms with Crippen molar-refractivity contribution >= 4 is 5.69 Å². The quantitative estimate of drug-likeness (QED) is 0.884. The lowest BCUT2D eigenvalue weighted by Gasteiger charge is -2.14. The fourth-order valence-electron chi connectivity index (χ4n) is 2.21. The van der Waals surface area contributed by atoms with Crippen LogP contribution in [0.4, 0.5) is 5.69 Å². The van der Waals surface area contributed by atoms with Gasteiger partial charge in [-0.05, 0) is 49.6 Å². The number of aryl methyl sites for hydroxylation is 1. The monoisotopic (exact) mass is 270 g/mol. The highest BCUT2D eigenvalue weighted by Gasteiger charge is 2.11. The van der Waals surface area contributed by atoms with Crippen molar-refractivity contribution in [1.29, 1.82) is 0 Å². The van der Waals surface area contributed by atoms with E-state index in [0.717, 1.165) is 35.7 Å². The Morgan fingerprint density at radius 1 is 1.20 bits per heavy atom. The number of nitrogens with zero attached hydrogens (tertiary/aromatic N) is 1. The molecule has 0 bridgehead atoms. The molecule has 2 rings (SSSR count). The summed E-state index contributed by atoms with van der Waals surface area (Å²) in [6.07, 6.45) is 2.94. The maximum Gasteiger partial charge on any atom is 0.131 e. The summed E-state index contributed by atoms with van der Waals surface area (Å²) in [7, 11) is 1.71. The summed E-state index contributed by atoms with van der Waals surface area (Å²) in [6, 6.07) is 8.25. The lowest BCUT2D eigenvalue weighted by molar-refractivity contribution is 0.413. The summed E-state index contributed by atoms with van der Waals surface area (Å²) < 4.78 is 5.57. The Morgan fingerprint density at radius 2 is 2.00 bits per heavy atom. The zero-order chi connectivity index (χ0) is 14.5. The van der Waals surface area contributed by atoms with Gasteiger partial charge in [0.15, 0.2) is 0 Å². The predicted octanol–water partition coefficient (Wildman–Crippen LogP) is 4.20. The summed E-state index contributed by atoms with van der Waals surface area (Å²) in [5.74, 6) is 0.908. The molecule has 0 amide bonds. The van der Waals surface area contributed by atoms with Gasteiger partial charge in [0.05, 0.1) is 12.8 Å². The number of hydrogen-bond acceptors (Lipinski definition) is 3. The first kappa shape index (κ1) is 14.4. The molecule has 0 fully saturated rings. The van der Waals surface area contributed by atoms with Gasteiger partial charge in [-0.1, -0.05) is 13.0 Å². The Labute approximate surface area is 121 Å². The normalized spacial score (nSPS) is 10.4. The Kier molecular flexibility index (Phi) is 4.61. The molecule has 20 heavy (non-hydrogen) atoms. The molecule has 2 aromatic rings. The van der Waals surface area contributed by atoms with Gasteiger partial charge in [-0.3, -0.25) is 4.98 Å². The molecule has 1 aromatic heterocycles. The molecule has 0 atom stereocenters. The van der Waals surface area contributed by atoms with E-state index in [9.17, 15) is 0 Å². The Bertz CT molecular complexity index is 594. The van der Waals surface area contributed by atoms with E-state index >= 15 is 0 Å². The Hall–Kier alpha value is -2.03. The van der Waals surface area contributed by atoms with E-state index in [0.29, 0.717) is 0 Å². The van der Waals surface area contributed by atoms with Crippen molar-refractivity contribution in [3.8, 4) is 17.0 Å². The molecular formula is C17H22N2O. The van der Waals surface area contributed by atoms with Crippen LogP contribution in [0.3, 0.4) is 0 Å². The van der Waals surface area contributed by atoms with Crippen LogP contribution < -0.4 is 10.1 Å². The average Bonchev–Trinajstić information content (AvgIpc) is 2.48. The molecule has 0 unspecified atom stereocenters. The van der Waals surface area contributed by atoms with E-state index in [4.69, 9.17) is 4.74 Å². The lowest BCUT2D eigenvalue weighted by Crippen LogP contribution is -2.00. The van der Waals surface area contributed by atoms with Crippen LogP contribution in [0, 0.1) is 13.8 Å². The van der Waals surface area contributed by atoms with E-state index in [1.54, 1.807) is 7.11 Å². The first-order valence-corrected chi connectivity index (χ1v) is 7.01. The first-order chi connectivity index (χ1) is 9.67. The van der Waals surface area contributed by atoms with Gasteiger partial charge in [-0.2, -0.15) is 0 Å². The zero-order valence-corrected chi connectivity index (χ0v) is 12.7. The number of rotatable bonds is 5. The second kappa shape index (κ2) is 6.42. The summed E-state index contributed by atoms with van der Waals surface area (Å²) in [6.45, 7) is 7.29. The van der Waals surface area contributed by atoms with Crippen LogP contribution in [0.2, 0.25) is 0 Å². The summed E-state index contributed by atoms with van der Waals surface area (Å²) in [4.78, 5) is 4.48. The lowest BCUT2D eigenvalue weighted by atomic mass is 10.0. The first-order valence-electron chi connectivity index (χ1n) is 7.01. The van der Waals surface area contributed by atoms with E-state index in [1.165, 1.54) is 11.1 Å². The van der Waals surface area contributed by atoms with Crippen LogP contribution in [0.5, 0.6) is 5.75 Å². The van der Waals surface area contributed by atoms with Crippen LogP contribution in [0.15, 0.2) is 30.5 Å². The highest BCUT2D eigenvalue weighted by molar-refractivity contribution is 5.72. The maximum absolute atomic E-state index is 5.57. The molecule has 1 aromatic carbocycles. The number of ether oxygens (including phenoxy) is 1. The molecule has 3 heteroatoms. The number of nitrogens with one attached hydrogen (secondary N) is 1. The molecule has 0 radical (unpaired) electrons. The summed E-state index contributed by atoms with van der Waals surface area (Å²) >= 11 is 0. The molecule has 0 aliphatic carbocycles. The van der Waals surface area contributed by atoms with Crippen LogP contribution in [-0.4, -0.2) is 18.6 Å². The number of anilines is 1. The van der Waals surface area contributed by atoms with Crippen molar-refractivity contribution in [3.05, 3.63) is 41.6 Å². The molecule has 0 aliphatic rings. The summed E-state index contributed by atoms with van der Waals surface area (Å²) in [5.41, 5.74) is 5.46. The van der Waals surface area contributed by atoms with Crippen LogP contribution in [-0.2, 0) is 0 Å². The van der Waals surface area contributed by atoms with Crippen LogP contribution in [0.25, 0.3) is 11.3 Å². The second-order valence-electron chi connectivity index (χ2n) is 4.94. The number of aromatic nitrogens is 1. The van der Waals surface area contributed by atoms with Gasteiger partial charge in [0.1, 0.15) is 5.75 Å². The largest absolute Gasteiger partial charge is 0.496 e. The minimum Gasteiger partial charge on any atom is -0.496 e. The van der Waals surface area contributed by atoms with Crippen molar-refractivity contribution in [3.63, 3.8) is 0 Å². The van der Waals surface area contributed by atoms with Crippen molar-refractivity contribution in [1.82, 2.24) is 4.98 Å². The van der Waals surface area contributed by atoms with Gasteiger partial charge in [-0.25, -0.2) is 0 Å². The van der Waals surface area contributed by atoms with E-state index in [2.05, 4.69) is 49.3 Å². The Morgan fingerprint density at radius 3 is 2.70 bits per heavy atom. The van der Waals surface area contributed by atoms with E-state index < -0.39 is 0 Å². The van der Waals surface area contributed by atoms with E-state index in [-0.39, 0.29) is 0 Å². The third-order valence-electron chi connectivity index (χ3n) is 3.50. The third-order valence-corrected chi connectivity index (χ3v) is 3.50. The maximum atomic E-state index is 5.57. The standard InChI is InChI=1S/C17H22N2O/c1-5-9-18-14-8-10-19-16(11-14)15-7-6-12(2)13(3)17(15)20-4/h6-8,10-11H,5,9H2,1-4H3,(H,18,19). The van der Waals surface area contributed by atoms with Crippen LogP contribution in [0.1, 0.15) is 24.5 Å². The molecule has 1 heterocycles. The Balaban J connectivity index is 2.43. The van der Waals surface area contributed by atoms with Gasteiger partial charge in [0.25, 0.3) is 0 Å². The van der Waals surface area contributed by atoms with Crippen molar-refractivity contribution in [2.24, 2.45) is 0 Å². The van der Waals surface area contributed by atoms with Gasteiger partial charge < -0.3 is 10.1 Å². The third kappa shape index (κ3) is 2.93. The van der Waals surface area contributed by atoms with Crippen molar-refractivity contribution in [2.75, 3.05) is 19.0 Å². The van der Waals surface area contributed by atoms with Crippen LogP contribution >= 0.6 is 0 Å². The number of benzene rings is 1. The van der Waals surface area contributed by atoms with Crippen molar-refractivity contribution in [2.45, 2.75) is 27.2 Å². The minimum atomic E-state index is 0.908. The molecule has 0 saturated carbocycles. The number of hydrogen-bond donors (Lipinski definition) is 1. The fourth-order valence-corrected chi connectivity index (χ4v) is 2.21. The van der Waals surface area contributed by atoms with E-state index in [1.807, 2.05) is 12.3 Å². The number of pyridine rings is 1.